The van der Waals surface area contributed by atoms with Gasteiger partial charge in [-0.3, -0.25) is 0 Å². The van der Waals surface area contributed by atoms with Crippen LogP contribution in [0.25, 0.3) is 44.9 Å². The topological polar surface area (TPSA) is 247 Å². The summed E-state index contributed by atoms with van der Waals surface area (Å²) in [5, 5.41) is 19.2. The Kier molecular flexibility index (Phi) is 32.6. The standard InChI is InChI=1S/2C40H62N6O7Si2/c2*1-48-18-20-52-39(47)40(53-21-19-49-2)16-14-32(15-17-40)36-26-37(44(30-50-22-24-54(3,4)5)31-51-23-25-55(6,7)8)46-38(43-36)35(28-42-46)33-27-41-45(29-33)34-12-10-9-11-13-34/h2*9-13,26-29,32H,14-25,30-31H2,1-8H3. The average Bonchev–Trinajstić information content (AvgIpc) is 1.54. The quantitative estimate of drug-likeness (QED) is 0.0149. The molecule has 0 radical (unpaired) electrons. The van der Waals surface area contributed by atoms with Gasteiger partial charge in [0.15, 0.2) is 22.5 Å². The van der Waals surface area contributed by atoms with Gasteiger partial charge < -0.3 is 66.6 Å². The minimum atomic E-state index is -1.30. The first-order valence-corrected chi connectivity index (χ1v) is 53.8. The Morgan fingerprint density at radius 1 is 0.418 bits per heavy atom. The van der Waals surface area contributed by atoms with Crippen LogP contribution in [0.1, 0.15) is 74.6 Å². The highest BCUT2D eigenvalue weighted by Gasteiger charge is 2.47. The summed E-state index contributed by atoms with van der Waals surface area (Å²) < 4.78 is 77.6. The van der Waals surface area contributed by atoms with E-state index in [9.17, 15) is 9.59 Å². The van der Waals surface area contributed by atoms with Crippen LogP contribution in [-0.4, -0.2) is 239 Å². The molecule has 0 spiro atoms. The molecule has 2 aliphatic carbocycles. The molecule has 0 unspecified atom stereocenters. The average molecular weight is 1590 g/mol. The summed E-state index contributed by atoms with van der Waals surface area (Å²) in [6.07, 6.45) is 16.2. The number of methoxy groups -OCH3 is 4. The van der Waals surface area contributed by atoms with Gasteiger partial charge in [0.2, 0.25) is 0 Å². The number of rotatable bonds is 44. The Balaban J connectivity index is 0.000000253. The number of ether oxygens (including phenoxy) is 12. The zero-order valence-electron chi connectivity index (χ0n) is 68.4. The summed E-state index contributed by atoms with van der Waals surface area (Å²) in [7, 11) is 1.24. The highest BCUT2D eigenvalue weighted by atomic mass is 28.3. The van der Waals surface area contributed by atoms with Gasteiger partial charge in [-0.05, 0) is 99.8 Å². The van der Waals surface area contributed by atoms with Crippen LogP contribution >= 0.6 is 0 Å². The van der Waals surface area contributed by atoms with E-state index in [4.69, 9.17) is 77.0 Å². The lowest BCUT2D eigenvalue weighted by atomic mass is 9.77. The van der Waals surface area contributed by atoms with Gasteiger partial charge in [-0.1, -0.05) is 115 Å². The molecular weight excluding hydrogens is 1470 g/mol. The normalized spacial score (nSPS) is 17.9. The van der Waals surface area contributed by atoms with Crippen LogP contribution in [0.5, 0.6) is 0 Å². The highest BCUT2D eigenvalue weighted by Crippen LogP contribution is 2.44. The molecule has 2 fully saturated rings. The van der Waals surface area contributed by atoms with Crippen molar-refractivity contribution in [3.05, 3.63) is 121 Å². The lowest BCUT2D eigenvalue weighted by Gasteiger charge is -2.38. The molecule has 2 saturated carbocycles. The number of carbonyl (C=O) groups excluding carboxylic acids is 2. The van der Waals surface area contributed by atoms with Crippen molar-refractivity contribution in [1.29, 1.82) is 0 Å². The smallest absolute Gasteiger partial charge is 0.338 e. The monoisotopic (exact) mass is 1590 g/mol. The maximum atomic E-state index is 13.5. The maximum absolute atomic E-state index is 13.5. The minimum Gasteiger partial charge on any atom is -0.461 e. The molecule has 26 nitrogen and oxygen atoms in total. The molecule has 10 rings (SSSR count). The fourth-order valence-corrected chi connectivity index (χ4v) is 16.1. The molecule has 2 aromatic carbocycles. The highest BCUT2D eigenvalue weighted by molar-refractivity contribution is 6.77. The molecule has 6 heterocycles. The molecule has 0 bridgehead atoms. The molecule has 6 aromatic heterocycles. The maximum Gasteiger partial charge on any atom is 0.338 e. The second-order valence-electron chi connectivity index (χ2n) is 33.6. The fourth-order valence-electron chi connectivity index (χ4n) is 13.0. The van der Waals surface area contributed by atoms with E-state index in [1.165, 1.54) is 0 Å². The Labute approximate surface area is 655 Å². The molecule has 2 aliphatic rings. The lowest BCUT2D eigenvalue weighted by molar-refractivity contribution is -0.181. The van der Waals surface area contributed by atoms with E-state index in [0.717, 1.165) is 92.1 Å². The van der Waals surface area contributed by atoms with Crippen LogP contribution in [-0.2, 0) is 66.4 Å². The largest absolute Gasteiger partial charge is 0.461 e. The number of fused-ring (bicyclic) bond motifs is 2. The van der Waals surface area contributed by atoms with E-state index in [2.05, 4.69) is 111 Å². The summed E-state index contributed by atoms with van der Waals surface area (Å²) >= 11 is 0. The number of nitrogens with zero attached hydrogens (tertiary/aromatic N) is 12. The van der Waals surface area contributed by atoms with Crippen molar-refractivity contribution in [2.45, 2.75) is 177 Å². The molecule has 0 aliphatic heterocycles. The number of aromatic nitrogens is 10. The van der Waals surface area contributed by atoms with Crippen molar-refractivity contribution in [3.8, 4) is 33.6 Å². The molecule has 110 heavy (non-hydrogen) atoms. The first-order chi connectivity index (χ1) is 52.6. The molecule has 0 N–H and O–H groups in total. The molecule has 0 saturated heterocycles. The van der Waals surface area contributed by atoms with Gasteiger partial charge in [0.05, 0.1) is 75.8 Å². The first kappa shape index (κ1) is 87.1. The molecule has 0 atom stereocenters. The van der Waals surface area contributed by atoms with Crippen LogP contribution in [0.4, 0.5) is 11.6 Å². The van der Waals surface area contributed by atoms with E-state index in [1.807, 2.05) is 116 Å². The van der Waals surface area contributed by atoms with Crippen LogP contribution in [0.2, 0.25) is 103 Å². The van der Waals surface area contributed by atoms with E-state index in [0.29, 0.717) is 144 Å². The summed E-state index contributed by atoms with van der Waals surface area (Å²) in [4.78, 5) is 41.9. The Morgan fingerprint density at radius 2 is 0.736 bits per heavy atom. The zero-order chi connectivity index (χ0) is 79.0. The minimum absolute atomic E-state index is 0.0620. The second-order valence-corrected chi connectivity index (χ2v) is 56.1. The van der Waals surface area contributed by atoms with Crippen molar-refractivity contribution >= 4 is 67.2 Å². The van der Waals surface area contributed by atoms with E-state index >= 15 is 0 Å². The Hall–Kier alpha value is -6.89. The summed E-state index contributed by atoms with van der Waals surface area (Å²) in [5.41, 5.74) is 6.69. The predicted molar refractivity (Wildman–Crippen MR) is 441 cm³/mol. The van der Waals surface area contributed by atoms with Crippen molar-refractivity contribution in [3.63, 3.8) is 0 Å². The fraction of sp³-hybridized carbons (Fsp3) is 0.600. The number of carbonyl (C=O) groups is 2. The Morgan fingerprint density at radius 3 is 1.05 bits per heavy atom. The molecule has 604 valence electrons. The van der Waals surface area contributed by atoms with Crippen molar-refractivity contribution in [2.24, 2.45) is 0 Å². The van der Waals surface area contributed by atoms with Gasteiger partial charge in [-0.25, -0.2) is 28.9 Å². The zero-order valence-corrected chi connectivity index (χ0v) is 72.4. The predicted octanol–water partition coefficient (Wildman–Crippen LogP) is 14.5. The third-order valence-electron chi connectivity index (χ3n) is 19.9. The first-order valence-electron chi connectivity index (χ1n) is 39.0. The van der Waals surface area contributed by atoms with Crippen LogP contribution in [0.3, 0.4) is 0 Å². The van der Waals surface area contributed by atoms with Gasteiger partial charge in [0.1, 0.15) is 51.8 Å². The summed E-state index contributed by atoms with van der Waals surface area (Å²) in [6, 6.07) is 28.6. The van der Waals surface area contributed by atoms with E-state index < -0.39 is 43.5 Å². The molecule has 30 heteroatoms. The van der Waals surface area contributed by atoms with Gasteiger partial charge in [-0.2, -0.15) is 29.4 Å². The SMILES string of the molecule is COCCOC(=O)C1(OCCOC)CCC(c2cc(N(COCC[Si](C)(C)C)COCC[Si](C)(C)C)n3ncc(-c4cnn(-c5ccccc5)c4)c3n2)CC1.COCCOC(=O)C1(OCCOC)CCC(c2cc(N(COCC[Si](C)(C)C)COCC[Si](C)(C)C)n3ncc(-c4cnn(-c5ccccc5)c4)c3n2)CC1. The summed E-state index contributed by atoms with van der Waals surface area (Å²) in [6.45, 7) is 34.8. The van der Waals surface area contributed by atoms with Crippen LogP contribution in [0, 0.1) is 0 Å². The van der Waals surface area contributed by atoms with Crippen molar-refractivity contribution < 1.29 is 66.4 Å². The van der Waals surface area contributed by atoms with Gasteiger partial charge in [-0.15, -0.1) is 0 Å². The van der Waals surface area contributed by atoms with Crippen molar-refractivity contribution in [1.82, 2.24) is 48.8 Å². The number of hydrogen-bond acceptors (Lipinski definition) is 22. The van der Waals surface area contributed by atoms with Gasteiger partial charge in [0, 0.05) is 157 Å². The van der Waals surface area contributed by atoms with Gasteiger partial charge in [0.25, 0.3) is 0 Å². The lowest BCUT2D eigenvalue weighted by Crippen LogP contribution is -2.46. The summed E-state index contributed by atoms with van der Waals surface area (Å²) in [5.74, 6) is 1.10. The third-order valence-corrected chi connectivity index (χ3v) is 26.8. The number of para-hydroxylation sites is 2. The van der Waals surface area contributed by atoms with Crippen LogP contribution in [0.15, 0.2) is 110 Å². The number of anilines is 2. The molecular formula is C80H124N12O14Si4. The molecule has 8 aromatic rings. The van der Waals surface area contributed by atoms with E-state index in [1.54, 1.807) is 28.4 Å². The Bertz CT molecular complexity index is 3780. The third kappa shape index (κ3) is 25.6. The van der Waals surface area contributed by atoms with Gasteiger partial charge >= 0.3 is 11.9 Å². The number of benzene rings is 2. The van der Waals surface area contributed by atoms with Crippen LogP contribution < -0.4 is 9.80 Å². The van der Waals surface area contributed by atoms with E-state index in [-0.39, 0.29) is 37.0 Å². The number of esters is 2. The molecule has 0 amide bonds. The number of hydrogen-bond donors (Lipinski definition) is 0. The second kappa shape index (κ2) is 41.2. The van der Waals surface area contributed by atoms with Crippen molar-refractivity contribution in [2.75, 3.05) is 144 Å².